The summed E-state index contributed by atoms with van der Waals surface area (Å²) in [5.74, 6) is 0.772. The van der Waals surface area contributed by atoms with Gasteiger partial charge >= 0.3 is 6.09 Å². The lowest BCUT2D eigenvalue weighted by Gasteiger charge is -2.06. The molecule has 0 saturated carbocycles. The van der Waals surface area contributed by atoms with Crippen LogP contribution in [0.2, 0.25) is 0 Å². The van der Waals surface area contributed by atoms with Crippen LogP contribution in [-0.4, -0.2) is 6.09 Å². The molecule has 4 nitrogen and oxygen atoms in total. The van der Waals surface area contributed by atoms with E-state index in [0.29, 0.717) is 11.6 Å². The maximum atomic E-state index is 13.2. The third-order valence-corrected chi connectivity index (χ3v) is 3.11. The van der Waals surface area contributed by atoms with E-state index in [1.165, 1.54) is 12.1 Å². The number of rotatable bonds is 3. The van der Waals surface area contributed by atoms with Gasteiger partial charge in [0.1, 0.15) is 17.3 Å². The largest absolute Gasteiger partial charge is 0.421 e. The molecule has 1 heterocycles. The summed E-state index contributed by atoms with van der Waals surface area (Å²) in [4.78, 5) is 11.8. The van der Waals surface area contributed by atoms with Crippen LogP contribution >= 0.6 is 0 Å². The predicted molar refractivity (Wildman–Crippen MR) is 80.0 cm³/mol. The highest BCUT2D eigenvalue weighted by Crippen LogP contribution is 2.13. The molecular formula is C17H14FN2O2+. The summed E-state index contributed by atoms with van der Waals surface area (Å²) in [5.41, 5.74) is 1.58. The Labute approximate surface area is 126 Å². The summed E-state index contributed by atoms with van der Waals surface area (Å²) in [6.45, 7) is 0. The lowest BCUT2D eigenvalue weighted by atomic mass is 10.1. The molecule has 3 N–H and O–H groups in total. The van der Waals surface area contributed by atoms with Gasteiger partial charge in [0.05, 0.1) is 0 Å². The Hall–Kier alpha value is -2.92. The van der Waals surface area contributed by atoms with E-state index in [1.807, 2.05) is 18.2 Å². The van der Waals surface area contributed by atoms with Gasteiger partial charge in [-0.2, -0.15) is 0 Å². The molecule has 0 fully saturated rings. The van der Waals surface area contributed by atoms with E-state index in [-0.39, 0.29) is 5.82 Å². The van der Waals surface area contributed by atoms with Crippen LogP contribution in [0.15, 0.2) is 72.6 Å². The van der Waals surface area contributed by atoms with Crippen molar-refractivity contribution in [3.63, 3.8) is 0 Å². The number of amides is 1. The van der Waals surface area contributed by atoms with Gasteiger partial charge in [-0.15, -0.1) is 0 Å². The van der Waals surface area contributed by atoms with Crippen molar-refractivity contribution in [1.82, 2.24) is 5.32 Å². The van der Waals surface area contributed by atoms with Crippen molar-refractivity contribution in [1.29, 1.82) is 0 Å². The summed E-state index contributed by atoms with van der Waals surface area (Å²) >= 11 is 0. The van der Waals surface area contributed by atoms with E-state index < -0.39 is 6.09 Å². The first-order valence-electron chi connectivity index (χ1n) is 6.77. The van der Waals surface area contributed by atoms with Crippen LogP contribution in [0.4, 0.5) is 9.18 Å². The summed E-state index contributed by atoms with van der Waals surface area (Å²) in [6, 6.07) is 15.1. The standard InChI is InChI=1S/C17H13FN2O2/c18-13-6-4-5-12(11-13)15-9-10-16(19-15)20-17(21)22-14-7-2-1-3-8-14/h1-11,19H,(H,20,21)/p+1. The minimum atomic E-state index is -0.567. The molecule has 5 heteroatoms. The van der Waals surface area contributed by atoms with Crippen LogP contribution in [-0.2, 0) is 0 Å². The monoisotopic (exact) mass is 297 g/mol. The van der Waals surface area contributed by atoms with Gasteiger partial charge in [0.15, 0.2) is 0 Å². The fourth-order valence-electron chi connectivity index (χ4n) is 2.11. The number of quaternary nitrogens is 1. The first kappa shape index (κ1) is 14.0. The van der Waals surface area contributed by atoms with E-state index in [9.17, 15) is 9.18 Å². The first-order valence-corrected chi connectivity index (χ1v) is 6.77. The van der Waals surface area contributed by atoms with Crippen molar-refractivity contribution in [2.45, 2.75) is 0 Å². The number of allylic oxidation sites excluding steroid dienone is 2. The molecular weight excluding hydrogens is 283 g/mol. The van der Waals surface area contributed by atoms with Gasteiger partial charge in [0.2, 0.25) is 5.82 Å². The Morgan fingerprint density at radius 3 is 2.64 bits per heavy atom. The summed E-state index contributed by atoms with van der Waals surface area (Å²) in [5, 5.41) is 4.41. The summed E-state index contributed by atoms with van der Waals surface area (Å²) in [6.07, 6.45) is 2.99. The smallest absolute Gasteiger partial charge is 0.410 e. The molecule has 0 aromatic heterocycles. The highest BCUT2D eigenvalue weighted by molar-refractivity contribution is 5.73. The molecule has 110 valence electrons. The number of carbonyl (C=O) groups excluding carboxylic acids is 1. The third-order valence-electron chi connectivity index (χ3n) is 3.11. The van der Waals surface area contributed by atoms with Crippen LogP contribution in [0.1, 0.15) is 5.56 Å². The molecule has 0 atom stereocenters. The van der Waals surface area contributed by atoms with Gasteiger partial charge in [-0.25, -0.2) is 14.5 Å². The molecule has 0 saturated heterocycles. The van der Waals surface area contributed by atoms with Gasteiger partial charge in [0, 0.05) is 17.7 Å². The van der Waals surface area contributed by atoms with Crippen molar-refractivity contribution in [2.24, 2.45) is 0 Å². The topological polar surface area (TPSA) is 54.9 Å². The highest BCUT2D eigenvalue weighted by Gasteiger charge is 2.18. The maximum Gasteiger partial charge on any atom is 0.421 e. The van der Waals surface area contributed by atoms with Crippen molar-refractivity contribution in [2.75, 3.05) is 0 Å². The zero-order chi connectivity index (χ0) is 15.4. The number of para-hydroxylation sites is 1. The number of hydrogen-bond acceptors (Lipinski definition) is 2. The number of ether oxygens (including phenoxy) is 1. The van der Waals surface area contributed by atoms with E-state index in [1.54, 1.807) is 41.7 Å². The lowest BCUT2D eigenvalue weighted by Crippen LogP contribution is -2.80. The second-order valence-electron chi connectivity index (χ2n) is 4.73. The van der Waals surface area contributed by atoms with Gasteiger partial charge < -0.3 is 4.74 Å². The quantitative estimate of drug-likeness (QED) is 0.914. The van der Waals surface area contributed by atoms with Crippen molar-refractivity contribution >= 4 is 11.8 Å². The van der Waals surface area contributed by atoms with Gasteiger partial charge in [0.25, 0.3) is 0 Å². The fourth-order valence-corrected chi connectivity index (χ4v) is 2.11. The molecule has 3 rings (SSSR count). The molecule has 1 aliphatic heterocycles. The lowest BCUT2D eigenvalue weighted by molar-refractivity contribution is -0.509. The SMILES string of the molecule is O=C(NC1=CC=C(c2cccc(F)c2)[NH2+]1)Oc1ccccc1. The predicted octanol–water partition coefficient (Wildman–Crippen LogP) is 2.37. The second-order valence-corrected chi connectivity index (χ2v) is 4.73. The Balaban J connectivity index is 1.57. The number of halogens is 1. The van der Waals surface area contributed by atoms with E-state index in [4.69, 9.17) is 4.74 Å². The molecule has 0 spiro atoms. The Kier molecular flexibility index (Phi) is 3.98. The van der Waals surface area contributed by atoms with Crippen LogP contribution in [0.3, 0.4) is 0 Å². The Morgan fingerprint density at radius 1 is 1.05 bits per heavy atom. The van der Waals surface area contributed by atoms with Crippen LogP contribution in [0, 0.1) is 5.82 Å². The molecule has 0 unspecified atom stereocenters. The molecule has 1 aliphatic rings. The van der Waals surface area contributed by atoms with E-state index >= 15 is 0 Å². The summed E-state index contributed by atoms with van der Waals surface area (Å²) < 4.78 is 18.4. The van der Waals surface area contributed by atoms with Crippen LogP contribution < -0.4 is 15.4 Å². The van der Waals surface area contributed by atoms with Crippen molar-refractivity contribution < 1.29 is 19.2 Å². The number of benzene rings is 2. The van der Waals surface area contributed by atoms with E-state index in [0.717, 1.165) is 11.3 Å². The van der Waals surface area contributed by atoms with Crippen LogP contribution in [0.25, 0.3) is 5.70 Å². The molecule has 22 heavy (non-hydrogen) atoms. The number of nitrogens with two attached hydrogens (primary N) is 1. The third kappa shape index (κ3) is 3.39. The minimum Gasteiger partial charge on any atom is -0.410 e. The van der Waals surface area contributed by atoms with Gasteiger partial charge in [-0.05, 0) is 30.3 Å². The highest BCUT2D eigenvalue weighted by atomic mass is 19.1. The first-order chi connectivity index (χ1) is 10.7. The number of carbonyl (C=O) groups is 1. The average Bonchev–Trinajstić information content (AvgIpc) is 2.96. The molecule has 1 amide bonds. The zero-order valence-corrected chi connectivity index (χ0v) is 11.6. The van der Waals surface area contributed by atoms with Crippen molar-refractivity contribution in [3.05, 3.63) is 84.0 Å². The van der Waals surface area contributed by atoms with E-state index in [2.05, 4.69) is 5.32 Å². The molecule has 0 bridgehead atoms. The Bertz CT molecular complexity index is 754. The number of nitrogens with one attached hydrogen (secondary N) is 1. The zero-order valence-electron chi connectivity index (χ0n) is 11.6. The van der Waals surface area contributed by atoms with Crippen LogP contribution in [0.5, 0.6) is 5.75 Å². The second kappa shape index (κ2) is 6.24. The fraction of sp³-hybridized carbons (Fsp3) is 0. The minimum absolute atomic E-state index is 0.295. The van der Waals surface area contributed by atoms with Gasteiger partial charge in [-0.1, -0.05) is 24.3 Å². The van der Waals surface area contributed by atoms with Gasteiger partial charge in [-0.3, -0.25) is 5.32 Å². The molecule has 2 aromatic carbocycles. The number of hydrogen-bond donors (Lipinski definition) is 2. The summed E-state index contributed by atoms with van der Waals surface area (Å²) in [7, 11) is 0. The molecule has 2 aromatic rings. The molecule has 0 aliphatic carbocycles. The Morgan fingerprint density at radius 2 is 1.86 bits per heavy atom. The molecule has 0 radical (unpaired) electrons. The maximum absolute atomic E-state index is 13.2. The normalized spacial score (nSPS) is 13.3. The average molecular weight is 297 g/mol. The van der Waals surface area contributed by atoms with Crippen molar-refractivity contribution in [3.8, 4) is 5.75 Å².